The van der Waals surface area contributed by atoms with Crippen LogP contribution in [0.5, 0.6) is 0 Å². The lowest BCUT2D eigenvalue weighted by molar-refractivity contribution is -0.135. The predicted molar refractivity (Wildman–Crippen MR) is 107 cm³/mol. The van der Waals surface area contributed by atoms with Crippen molar-refractivity contribution in [2.45, 2.75) is 63.8 Å². The highest BCUT2D eigenvalue weighted by atomic mass is 16.3. The van der Waals surface area contributed by atoms with Gasteiger partial charge in [0.1, 0.15) is 5.52 Å². The van der Waals surface area contributed by atoms with Crippen molar-refractivity contribution in [3.8, 4) is 0 Å². The Morgan fingerprint density at radius 3 is 2.78 bits per heavy atom. The fourth-order valence-electron chi connectivity index (χ4n) is 4.78. The van der Waals surface area contributed by atoms with Gasteiger partial charge in [-0.05, 0) is 51.3 Å². The molecule has 146 valence electrons. The van der Waals surface area contributed by atoms with E-state index in [2.05, 4.69) is 21.7 Å². The average Bonchev–Trinajstić information content (AvgIpc) is 3.14. The molecule has 1 unspecified atom stereocenters. The third-order valence-electron chi connectivity index (χ3n) is 6.20. The van der Waals surface area contributed by atoms with E-state index in [9.17, 15) is 4.79 Å². The van der Waals surface area contributed by atoms with Crippen LogP contribution in [0.2, 0.25) is 0 Å². The molecule has 1 saturated carbocycles. The van der Waals surface area contributed by atoms with Crippen LogP contribution in [0, 0.1) is 0 Å². The molecule has 1 aromatic carbocycles. The molecule has 4 rings (SSSR count). The maximum Gasteiger partial charge on any atom is 0.236 e. The van der Waals surface area contributed by atoms with Gasteiger partial charge in [0.2, 0.25) is 5.91 Å². The van der Waals surface area contributed by atoms with Crippen LogP contribution < -0.4 is 0 Å². The lowest BCUT2D eigenvalue weighted by Gasteiger charge is -2.36. The number of fused-ring (bicyclic) bond motifs is 1. The van der Waals surface area contributed by atoms with E-state index in [0.717, 1.165) is 49.5 Å². The molecule has 1 aliphatic carbocycles. The monoisotopic (exact) mass is 369 g/mol. The Morgan fingerprint density at radius 1 is 1.19 bits per heavy atom. The summed E-state index contributed by atoms with van der Waals surface area (Å²) in [4.78, 5) is 22.1. The van der Waals surface area contributed by atoms with Crippen LogP contribution in [0.15, 0.2) is 28.7 Å². The highest BCUT2D eigenvalue weighted by Crippen LogP contribution is 2.29. The fourth-order valence-corrected chi connectivity index (χ4v) is 4.78. The second kappa shape index (κ2) is 8.42. The number of likely N-dealkylation sites (tertiary alicyclic amines) is 1. The molecule has 0 spiro atoms. The number of piperidine rings is 1. The van der Waals surface area contributed by atoms with Crippen LogP contribution in [-0.2, 0) is 4.79 Å². The normalized spacial score (nSPS) is 22.2. The van der Waals surface area contributed by atoms with Crippen molar-refractivity contribution < 1.29 is 9.21 Å². The second-order valence-electron chi connectivity index (χ2n) is 8.07. The lowest BCUT2D eigenvalue weighted by atomic mass is 9.94. The topological polar surface area (TPSA) is 49.6 Å². The van der Waals surface area contributed by atoms with Crippen LogP contribution in [0.3, 0.4) is 0 Å². The lowest BCUT2D eigenvalue weighted by Crippen LogP contribution is -2.48. The number of amides is 1. The fraction of sp³-hybridized carbons (Fsp3) is 0.636. The molecule has 1 aromatic heterocycles. The zero-order valence-electron chi connectivity index (χ0n) is 16.4. The molecule has 2 fully saturated rings. The number of benzene rings is 1. The summed E-state index contributed by atoms with van der Waals surface area (Å²) < 4.78 is 5.99. The minimum Gasteiger partial charge on any atom is -0.440 e. The van der Waals surface area contributed by atoms with Crippen LogP contribution >= 0.6 is 0 Å². The SMILES string of the molecule is CCN(C(=O)CN1CCCC(c2nc3ccccc3o2)C1)C1CCCCC1. The van der Waals surface area contributed by atoms with Crippen LogP contribution in [0.4, 0.5) is 0 Å². The zero-order chi connectivity index (χ0) is 18.6. The number of hydrogen-bond donors (Lipinski definition) is 0. The Hall–Kier alpha value is -1.88. The smallest absolute Gasteiger partial charge is 0.236 e. The third-order valence-corrected chi connectivity index (χ3v) is 6.20. The number of carbonyl (C=O) groups excluding carboxylic acids is 1. The van der Waals surface area contributed by atoms with Gasteiger partial charge in [0.15, 0.2) is 11.5 Å². The van der Waals surface area contributed by atoms with Gasteiger partial charge in [-0.3, -0.25) is 9.69 Å². The van der Waals surface area contributed by atoms with E-state index >= 15 is 0 Å². The predicted octanol–water partition coefficient (Wildman–Crippen LogP) is 4.19. The molecule has 1 saturated heterocycles. The van der Waals surface area contributed by atoms with Crippen LogP contribution in [0.1, 0.15) is 63.7 Å². The molecule has 1 atom stereocenters. The molecule has 1 amide bonds. The first-order valence-corrected chi connectivity index (χ1v) is 10.6. The molecule has 0 radical (unpaired) electrons. The maximum absolute atomic E-state index is 13.0. The van der Waals surface area contributed by atoms with Gasteiger partial charge in [0, 0.05) is 25.0 Å². The van der Waals surface area contributed by atoms with Gasteiger partial charge in [-0.25, -0.2) is 4.98 Å². The number of hydrogen-bond acceptors (Lipinski definition) is 4. The number of carbonyl (C=O) groups is 1. The van der Waals surface area contributed by atoms with E-state index in [-0.39, 0.29) is 5.92 Å². The van der Waals surface area contributed by atoms with E-state index in [4.69, 9.17) is 4.42 Å². The second-order valence-corrected chi connectivity index (χ2v) is 8.07. The van der Waals surface area contributed by atoms with Gasteiger partial charge in [-0.15, -0.1) is 0 Å². The number of aromatic nitrogens is 1. The van der Waals surface area contributed by atoms with E-state index in [1.54, 1.807) is 0 Å². The maximum atomic E-state index is 13.0. The Morgan fingerprint density at radius 2 is 2.00 bits per heavy atom. The Balaban J connectivity index is 1.39. The largest absolute Gasteiger partial charge is 0.440 e. The molecule has 2 aliphatic rings. The summed E-state index contributed by atoms with van der Waals surface area (Å²) in [5.74, 6) is 1.40. The summed E-state index contributed by atoms with van der Waals surface area (Å²) >= 11 is 0. The highest BCUT2D eigenvalue weighted by Gasteiger charge is 2.29. The first kappa shape index (κ1) is 18.5. The highest BCUT2D eigenvalue weighted by molar-refractivity contribution is 5.78. The van der Waals surface area contributed by atoms with Crippen LogP contribution in [0.25, 0.3) is 11.1 Å². The summed E-state index contributed by atoms with van der Waals surface area (Å²) in [5, 5.41) is 0. The molecule has 27 heavy (non-hydrogen) atoms. The quantitative estimate of drug-likeness (QED) is 0.793. The zero-order valence-corrected chi connectivity index (χ0v) is 16.4. The molecular formula is C22H31N3O2. The van der Waals surface area contributed by atoms with E-state index in [1.165, 1.54) is 32.1 Å². The van der Waals surface area contributed by atoms with Crippen molar-refractivity contribution in [2.24, 2.45) is 0 Å². The minimum absolute atomic E-state index is 0.281. The van der Waals surface area contributed by atoms with Crippen molar-refractivity contribution in [2.75, 3.05) is 26.2 Å². The molecule has 0 bridgehead atoms. The van der Waals surface area contributed by atoms with E-state index < -0.39 is 0 Å². The summed E-state index contributed by atoms with van der Waals surface area (Å²) in [6.07, 6.45) is 8.36. The van der Waals surface area contributed by atoms with E-state index in [1.807, 2.05) is 24.3 Å². The van der Waals surface area contributed by atoms with Crippen molar-refractivity contribution in [1.29, 1.82) is 0 Å². The number of para-hydroxylation sites is 2. The van der Waals surface area contributed by atoms with Gasteiger partial charge in [0.05, 0.1) is 6.54 Å². The summed E-state index contributed by atoms with van der Waals surface area (Å²) in [5.41, 5.74) is 1.78. The van der Waals surface area contributed by atoms with Gasteiger partial charge >= 0.3 is 0 Å². The van der Waals surface area contributed by atoms with Crippen molar-refractivity contribution >= 4 is 17.0 Å². The summed E-state index contributed by atoms with van der Waals surface area (Å²) in [7, 11) is 0. The number of likely N-dealkylation sites (N-methyl/N-ethyl adjacent to an activating group) is 1. The molecule has 2 aromatic rings. The van der Waals surface area contributed by atoms with Gasteiger partial charge in [0.25, 0.3) is 0 Å². The first-order valence-electron chi connectivity index (χ1n) is 10.6. The molecule has 2 heterocycles. The summed E-state index contributed by atoms with van der Waals surface area (Å²) in [6.45, 7) is 5.32. The number of rotatable bonds is 5. The summed E-state index contributed by atoms with van der Waals surface area (Å²) in [6, 6.07) is 8.39. The van der Waals surface area contributed by atoms with Crippen LogP contribution in [-0.4, -0.2) is 52.9 Å². The average molecular weight is 370 g/mol. The van der Waals surface area contributed by atoms with Crippen molar-refractivity contribution in [3.05, 3.63) is 30.2 Å². The van der Waals surface area contributed by atoms with E-state index in [0.29, 0.717) is 18.5 Å². The molecule has 1 aliphatic heterocycles. The van der Waals surface area contributed by atoms with Gasteiger partial charge in [-0.2, -0.15) is 0 Å². The first-order chi connectivity index (χ1) is 13.2. The molecular weight excluding hydrogens is 338 g/mol. The number of oxazole rings is 1. The Kier molecular flexibility index (Phi) is 5.77. The van der Waals surface area contributed by atoms with Crippen molar-refractivity contribution in [1.82, 2.24) is 14.8 Å². The van der Waals surface area contributed by atoms with Gasteiger partial charge in [-0.1, -0.05) is 31.4 Å². The third kappa shape index (κ3) is 4.18. The standard InChI is InChI=1S/C22H31N3O2/c1-2-25(18-10-4-3-5-11-18)21(26)16-24-14-8-9-17(15-24)22-23-19-12-6-7-13-20(19)27-22/h6-7,12-13,17-18H,2-5,8-11,14-16H2,1H3. The Bertz CT molecular complexity index is 733. The molecule has 5 nitrogen and oxygen atoms in total. The molecule has 0 N–H and O–H groups in total. The molecule has 5 heteroatoms. The van der Waals surface area contributed by atoms with Crippen molar-refractivity contribution in [3.63, 3.8) is 0 Å². The van der Waals surface area contributed by atoms with Gasteiger partial charge < -0.3 is 9.32 Å². The Labute approximate surface area is 161 Å². The minimum atomic E-state index is 0.281. The number of nitrogens with zero attached hydrogens (tertiary/aromatic N) is 3.